The highest BCUT2D eigenvalue weighted by Gasteiger charge is 2.33. The third kappa shape index (κ3) is 4.24. The minimum Gasteiger partial charge on any atom is -0.406 e. The predicted octanol–water partition coefficient (Wildman–Crippen LogP) is 3.57. The van der Waals surface area contributed by atoms with Crippen molar-refractivity contribution in [2.75, 3.05) is 16.8 Å². The highest BCUT2D eigenvalue weighted by Crippen LogP contribution is 2.28. The number of nitrogens with zero attached hydrogens (tertiary/aromatic N) is 4. The van der Waals surface area contributed by atoms with E-state index in [0.29, 0.717) is 23.5 Å². The number of aromatic nitrogens is 2. The number of ether oxygens (including phenoxy) is 1. The van der Waals surface area contributed by atoms with Crippen LogP contribution in [0.1, 0.15) is 26.4 Å². The third-order valence-electron chi connectivity index (χ3n) is 4.70. The highest BCUT2D eigenvalue weighted by molar-refractivity contribution is 6.15. The maximum absolute atomic E-state index is 13.1. The fourth-order valence-electron chi connectivity index (χ4n) is 3.31. The minimum atomic E-state index is -4.82. The Morgan fingerprint density at radius 3 is 2.59 bits per heavy atom. The minimum absolute atomic E-state index is 0.0408. The summed E-state index contributed by atoms with van der Waals surface area (Å²) >= 11 is 0. The standard InChI is InChI=1S/C21H14F3N5O3/c22-21(23,24)32-16-6-4-15(5-7-16)28-8-9-29-18(20(28)31)17(12-26-29)19(30)27-14-3-1-2-13(10-14)11-25/h1-7,10,12H,8-9H2,(H,27,30). The van der Waals surface area contributed by atoms with Crippen molar-refractivity contribution < 1.29 is 27.5 Å². The zero-order valence-electron chi connectivity index (χ0n) is 16.3. The molecule has 0 unspecified atom stereocenters. The Bertz CT molecular complexity index is 1230. The summed E-state index contributed by atoms with van der Waals surface area (Å²) in [7, 11) is 0. The van der Waals surface area contributed by atoms with Gasteiger partial charge in [0.05, 0.1) is 29.9 Å². The predicted molar refractivity (Wildman–Crippen MR) is 106 cm³/mol. The largest absolute Gasteiger partial charge is 0.573 e. The molecule has 0 aliphatic carbocycles. The molecular weight excluding hydrogens is 427 g/mol. The van der Waals surface area contributed by atoms with Gasteiger partial charge in [0.15, 0.2) is 0 Å². The Balaban J connectivity index is 1.56. The molecular formula is C21H14F3N5O3. The molecule has 32 heavy (non-hydrogen) atoms. The van der Waals surface area contributed by atoms with Gasteiger partial charge < -0.3 is 15.0 Å². The molecule has 1 aromatic heterocycles. The number of halogens is 3. The lowest BCUT2D eigenvalue weighted by atomic mass is 10.1. The lowest BCUT2D eigenvalue weighted by molar-refractivity contribution is -0.274. The number of benzene rings is 2. The molecule has 0 bridgehead atoms. The molecule has 0 saturated carbocycles. The van der Waals surface area contributed by atoms with Crippen LogP contribution in [-0.2, 0) is 6.54 Å². The fraction of sp³-hybridized carbons (Fsp3) is 0.143. The SMILES string of the molecule is N#Cc1cccc(NC(=O)c2cnn3c2C(=O)N(c2ccc(OC(F)(F)F)cc2)CC3)c1. The van der Waals surface area contributed by atoms with E-state index < -0.39 is 23.9 Å². The number of nitriles is 1. The Labute approximate surface area is 179 Å². The van der Waals surface area contributed by atoms with Crippen molar-refractivity contribution in [3.8, 4) is 11.8 Å². The molecule has 1 aliphatic heterocycles. The quantitative estimate of drug-likeness (QED) is 0.667. The van der Waals surface area contributed by atoms with Crippen molar-refractivity contribution in [3.05, 3.63) is 71.5 Å². The van der Waals surface area contributed by atoms with Crippen LogP contribution in [0.2, 0.25) is 0 Å². The molecule has 0 atom stereocenters. The van der Waals surface area contributed by atoms with E-state index >= 15 is 0 Å². The number of anilines is 2. The smallest absolute Gasteiger partial charge is 0.406 e. The third-order valence-corrected chi connectivity index (χ3v) is 4.70. The molecule has 2 heterocycles. The van der Waals surface area contributed by atoms with Crippen LogP contribution >= 0.6 is 0 Å². The van der Waals surface area contributed by atoms with Gasteiger partial charge in [0.2, 0.25) is 0 Å². The number of hydrogen-bond acceptors (Lipinski definition) is 5. The number of carbonyl (C=O) groups is 2. The first-order valence-corrected chi connectivity index (χ1v) is 9.30. The van der Waals surface area contributed by atoms with Crippen molar-refractivity contribution in [1.29, 1.82) is 5.26 Å². The summed E-state index contributed by atoms with van der Waals surface area (Å²) < 4.78 is 42.3. The molecule has 162 valence electrons. The van der Waals surface area contributed by atoms with E-state index in [1.165, 1.54) is 34.0 Å². The van der Waals surface area contributed by atoms with Gasteiger partial charge in [0, 0.05) is 17.9 Å². The van der Waals surface area contributed by atoms with E-state index in [2.05, 4.69) is 15.2 Å². The molecule has 11 heteroatoms. The molecule has 0 fully saturated rings. The monoisotopic (exact) mass is 441 g/mol. The van der Waals surface area contributed by atoms with Gasteiger partial charge >= 0.3 is 6.36 Å². The Hall–Kier alpha value is -4.33. The summed E-state index contributed by atoms with van der Waals surface area (Å²) in [5.74, 6) is -1.50. The molecule has 8 nitrogen and oxygen atoms in total. The number of alkyl halides is 3. The van der Waals surface area contributed by atoms with E-state index in [1.807, 2.05) is 6.07 Å². The summed E-state index contributed by atoms with van der Waals surface area (Å²) in [6, 6.07) is 13.1. The molecule has 0 spiro atoms. The molecule has 2 aromatic carbocycles. The van der Waals surface area contributed by atoms with Gasteiger partial charge in [-0.2, -0.15) is 10.4 Å². The van der Waals surface area contributed by atoms with Gasteiger partial charge in [-0.05, 0) is 42.5 Å². The van der Waals surface area contributed by atoms with Crippen LogP contribution in [0.5, 0.6) is 5.75 Å². The highest BCUT2D eigenvalue weighted by atomic mass is 19.4. The average Bonchev–Trinajstić information content (AvgIpc) is 3.19. The molecule has 3 aromatic rings. The molecule has 0 saturated heterocycles. The van der Waals surface area contributed by atoms with Gasteiger partial charge in [0.1, 0.15) is 11.4 Å². The summed E-state index contributed by atoms with van der Waals surface area (Å²) in [5.41, 5.74) is 1.19. The maximum Gasteiger partial charge on any atom is 0.573 e. The molecule has 1 aliphatic rings. The second kappa shape index (κ2) is 8.07. The number of amides is 2. The van der Waals surface area contributed by atoms with Crippen LogP contribution in [-0.4, -0.2) is 34.5 Å². The van der Waals surface area contributed by atoms with Crippen LogP contribution in [0.3, 0.4) is 0 Å². The van der Waals surface area contributed by atoms with Gasteiger partial charge in [-0.25, -0.2) is 0 Å². The number of rotatable bonds is 4. The van der Waals surface area contributed by atoms with Crippen LogP contribution in [0.25, 0.3) is 0 Å². The van der Waals surface area contributed by atoms with Crippen LogP contribution in [0.4, 0.5) is 24.5 Å². The summed E-state index contributed by atoms with van der Waals surface area (Å²) in [6.07, 6.45) is -3.54. The lowest BCUT2D eigenvalue weighted by Crippen LogP contribution is -2.41. The first-order chi connectivity index (χ1) is 15.2. The molecule has 1 N–H and O–H groups in total. The van der Waals surface area contributed by atoms with Crippen molar-refractivity contribution in [2.24, 2.45) is 0 Å². The first kappa shape index (κ1) is 20.9. The number of nitrogens with one attached hydrogen (secondary N) is 1. The van der Waals surface area contributed by atoms with Gasteiger partial charge in [0.25, 0.3) is 11.8 Å². The second-order valence-corrected chi connectivity index (χ2v) is 6.78. The van der Waals surface area contributed by atoms with E-state index in [0.717, 1.165) is 12.1 Å². The Kier molecular flexibility index (Phi) is 5.28. The van der Waals surface area contributed by atoms with E-state index in [4.69, 9.17) is 5.26 Å². The van der Waals surface area contributed by atoms with Gasteiger partial charge in [-0.3, -0.25) is 14.3 Å². The van der Waals surface area contributed by atoms with Crippen molar-refractivity contribution in [2.45, 2.75) is 12.9 Å². The van der Waals surface area contributed by atoms with Crippen molar-refractivity contribution in [1.82, 2.24) is 9.78 Å². The zero-order chi connectivity index (χ0) is 22.9. The number of hydrogen-bond donors (Lipinski definition) is 1. The summed E-state index contributed by atoms with van der Waals surface area (Å²) in [4.78, 5) is 27.2. The number of carbonyl (C=O) groups excluding carboxylic acids is 2. The van der Waals surface area contributed by atoms with Gasteiger partial charge in [-0.15, -0.1) is 13.2 Å². The van der Waals surface area contributed by atoms with E-state index in [1.54, 1.807) is 18.2 Å². The van der Waals surface area contributed by atoms with Crippen LogP contribution in [0.15, 0.2) is 54.7 Å². The second-order valence-electron chi connectivity index (χ2n) is 6.78. The Morgan fingerprint density at radius 1 is 1.16 bits per heavy atom. The zero-order valence-corrected chi connectivity index (χ0v) is 16.3. The topological polar surface area (TPSA) is 100 Å². The average molecular weight is 441 g/mol. The van der Waals surface area contributed by atoms with Crippen LogP contribution in [0, 0.1) is 11.3 Å². The molecule has 2 amide bonds. The van der Waals surface area contributed by atoms with Crippen LogP contribution < -0.4 is 15.0 Å². The maximum atomic E-state index is 13.1. The van der Waals surface area contributed by atoms with Crippen molar-refractivity contribution in [3.63, 3.8) is 0 Å². The molecule has 0 radical (unpaired) electrons. The van der Waals surface area contributed by atoms with E-state index in [-0.39, 0.29) is 17.8 Å². The Morgan fingerprint density at radius 2 is 1.91 bits per heavy atom. The van der Waals surface area contributed by atoms with E-state index in [9.17, 15) is 22.8 Å². The number of fused-ring (bicyclic) bond motifs is 1. The molecule has 4 rings (SSSR count). The first-order valence-electron chi connectivity index (χ1n) is 9.30. The van der Waals surface area contributed by atoms with Gasteiger partial charge in [-0.1, -0.05) is 6.07 Å². The summed E-state index contributed by atoms with van der Waals surface area (Å²) in [6.45, 7) is 0.511. The summed E-state index contributed by atoms with van der Waals surface area (Å²) in [5, 5.41) is 15.7. The normalized spacial score (nSPS) is 13.3. The fourth-order valence-corrected chi connectivity index (χ4v) is 3.31. The van der Waals surface area contributed by atoms with Crippen molar-refractivity contribution >= 4 is 23.2 Å². The lowest BCUT2D eigenvalue weighted by Gasteiger charge is -2.28.